The maximum absolute atomic E-state index is 14.0. The second kappa shape index (κ2) is 7.72. The summed E-state index contributed by atoms with van der Waals surface area (Å²) in [6.07, 6.45) is -0.142. The van der Waals surface area contributed by atoms with Crippen molar-refractivity contribution in [1.29, 1.82) is 0 Å². The molecule has 0 aliphatic rings. The summed E-state index contributed by atoms with van der Waals surface area (Å²) < 4.78 is 14.0. The van der Waals surface area contributed by atoms with Crippen LogP contribution >= 0.6 is 0 Å². The van der Waals surface area contributed by atoms with E-state index in [2.05, 4.69) is 5.32 Å². The molecule has 4 rings (SSSR count). The number of aliphatic carboxylic acids is 1. The van der Waals surface area contributed by atoms with Gasteiger partial charge < -0.3 is 10.4 Å². The Labute approximate surface area is 166 Å². The van der Waals surface area contributed by atoms with Crippen LogP contribution in [0.2, 0.25) is 0 Å². The van der Waals surface area contributed by atoms with E-state index in [-0.39, 0.29) is 12.0 Å². The first-order valence-electron chi connectivity index (χ1n) is 9.22. The van der Waals surface area contributed by atoms with Gasteiger partial charge in [0.1, 0.15) is 11.9 Å². The van der Waals surface area contributed by atoms with Gasteiger partial charge >= 0.3 is 5.97 Å². The van der Waals surface area contributed by atoms with E-state index in [1.807, 2.05) is 54.6 Å². The van der Waals surface area contributed by atoms with Crippen LogP contribution in [0.4, 0.5) is 4.39 Å². The molecule has 0 saturated carbocycles. The third kappa shape index (κ3) is 3.67. The summed E-state index contributed by atoms with van der Waals surface area (Å²) in [6.45, 7) is 0. The number of carboxylic acid groups (broad SMARTS) is 1. The Bertz CT molecular complexity index is 1180. The molecule has 2 N–H and O–H groups in total. The molecule has 0 aliphatic heterocycles. The molecular weight excluding hydrogens is 369 g/mol. The lowest BCUT2D eigenvalue weighted by Gasteiger charge is -2.17. The Morgan fingerprint density at radius 2 is 1.41 bits per heavy atom. The zero-order valence-corrected chi connectivity index (χ0v) is 15.4. The first kappa shape index (κ1) is 18.6. The molecule has 0 bridgehead atoms. The molecule has 4 nitrogen and oxygen atoms in total. The van der Waals surface area contributed by atoms with Crippen LogP contribution in [-0.2, 0) is 11.2 Å². The average Bonchev–Trinajstić information content (AvgIpc) is 2.72. The maximum atomic E-state index is 14.0. The highest BCUT2D eigenvalue weighted by molar-refractivity contribution is 6.18. The fourth-order valence-corrected chi connectivity index (χ4v) is 3.57. The van der Waals surface area contributed by atoms with Crippen molar-refractivity contribution in [3.05, 3.63) is 95.8 Å². The van der Waals surface area contributed by atoms with Crippen LogP contribution in [0.1, 0.15) is 15.9 Å². The molecular formula is C24H18FNO3. The van der Waals surface area contributed by atoms with Gasteiger partial charge in [0, 0.05) is 6.42 Å². The fourth-order valence-electron chi connectivity index (χ4n) is 3.57. The number of hydrogen-bond donors (Lipinski definition) is 2. The second-order valence-corrected chi connectivity index (χ2v) is 6.85. The number of carbonyl (C=O) groups is 2. The minimum atomic E-state index is -1.25. The van der Waals surface area contributed by atoms with Gasteiger partial charge in [-0.2, -0.15) is 0 Å². The van der Waals surface area contributed by atoms with Crippen LogP contribution in [0.25, 0.3) is 21.5 Å². The number of halogens is 1. The molecule has 0 radical (unpaired) electrons. The minimum absolute atomic E-state index is 0.142. The highest BCUT2D eigenvalue weighted by Crippen LogP contribution is 2.28. The van der Waals surface area contributed by atoms with Crippen LogP contribution in [0.15, 0.2) is 78.9 Å². The van der Waals surface area contributed by atoms with Crippen molar-refractivity contribution in [2.75, 3.05) is 0 Å². The highest BCUT2D eigenvalue weighted by Gasteiger charge is 2.24. The van der Waals surface area contributed by atoms with Crippen molar-refractivity contribution < 1.29 is 19.1 Å². The van der Waals surface area contributed by atoms with E-state index < -0.39 is 23.7 Å². The van der Waals surface area contributed by atoms with E-state index >= 15 is 0 Å². The molecule has 0 unspecified atom stereocenters. The predicted octanol–water partition coefficient (Wildman–Crippen LogP) is 4.56. The van der Waals surface area contributed by atoms with E-state index in [0.29, 0.717) is 5.56 Å². The lowest BCUT2D eigenvalue weighted by atomic mass is 9.95. The Morgan fingerprint density at radius 1 is 0.862 bits per heavy atom. The van der Waals surface area contributed by atoms with Crippen molar-refractivity contribution >= 4 is 33.4 Å². The van der Waals surface area contributed by atoms with Gasteiger partial charge in [0.15, 0.2) is 0 Å². The third-order valence-corrected chi connectivity index (χ3v) is 4.98. The molecule has 0 aromatic heterocycles. The summed E-state index contributed by atoms with van der Waals surface area (Å²) in [5, 5.41) is 15.4. The third-order valence-electron chi connectivity index (χ3n) is 4.98. The topological polar surface area (TPSA) is 66.4 Å². The minimum Gasteiger partial charge on any atom is -0.480 e. The molecule has 1 atom stereocenters. The maximum Gasteiger partial charge on any atom is 0.326 e. The Kier molecular flexibility index (Phi) is 4.96. The molecule has 0 spiro atoms. The molecule has 0 aliphatic carbocycles. The van der Waals surface area contributed by atoms with Gasteiger partial charge in [-0.15, -0.1) is 0 Å². The predicted molar refractivity (Wildman–Crippen MR) is 110 cm³/mol. The normalized spacial score (nSPS) is 12.0. The summed E-state index contributed by atoms with van der Waals surface area (Å²) in [5.74, 6) is -2.21. The van der Waals surface area contributed by atoms with E-state index in [1.54, 1.807) is 6.07 Å². The lowest BCUT2D eigenvalue weighted by molar-refractivity contribution is -0.139. The van der Waals surface area contributed by atoms with Crippen LogP contribution in [0.3, 0.4) is 0 Å². The summed E-state index contributed by atoms with van der Waals surface area (Å²) in [5.41, 5.74) is 0.654. The number of nitrogens with one attached hydrogen (secondary N) is 1. The smallest absolute Gasteiger partial charge is 0.326 e. The van der Waals surface area contributed by atoms with E-state index in [1.165, 1.54) is 18.2 Å². The Morgan fingerprint density at radius 3 is 2.00 bits per heavy atom. The van der Waals surface area contributed by atoms with Gasteiger partial charge in [0.05, 0.1) is 5.56 Å². The molecule has 29 heavy (non-hydrogen) atoms. The van der Waals surface area contributed by atoms with Gasteiger partial charge in [-0.05, 0) is 39.2 Å². The number of fused-ring (bicyclic) bond motifs is 2. The van der Waals surface area contributed by atoms with Crippen molar-refractivity contribution in [3.63, 3.8) is 0 Å². The average molecular weight is 387 g/mol. The highest BCUT2D eigenvalue weighted by atomic mass is 19.1. The Hall–Kier alpha value is -3.73. The number of carbonyl (C=O) groups excluding carboxylic acids is 1. The van der Waals surface area contributed by atoms with Crippen molar-refractivity contribution in [2.45, 2.75) is 12.5 Å². The number of carboxylic acids is 1. The summed E-state index contributed by atoms with van der Waals surface area (Å²) in [4.78, 5) is 25.0. The largest absolute Gasteiger partial charge is 0.480 e. The number of benzene rings is 4. The van der Waals surface area contributed by atoms with Gasteiger partial charge in [0.25, 0.3) is 5.91 Å². The monoisotopic (exact) mass is 387 g/mol. The van der Waals surface area contributed by atoms with Gasteiger partial charge in [0.2, 0.25) is 0 Å². The van der Waals surface area contributed by atoms with Gasteiger partial charge in [-0.25, -0.2) is 9.18 Å². The van der Waals surface area contributed by atoms with Crippen molar-refractivity contribution in [2.24, 2.45) is 0 Å². The molecule has 1 amide bonds. The van der Waals surface area contributed by atoms with Gasteiger partial charge in [-0.3, -0.25) is 4.79 Å². The molecule has 0 fully saturated rings. The zero-order chi connectivity index (χ0) is 20.4. The first-order chi connectivity index (χ1) is 14.0. The fraction of sp³-hybridized carbons (Fsp3) is 0.0833. The molecule has 4 aromatic rings. The SMILES string of the molecule is O=C(N[C@H](Cc1ccccc1F)C(=O)O)c1c2ccccc2cc2ccccc12. The van der Waals surface area contributed by atoms with Crippen molar-refractivity contribution in [1.82, 2.24) is 5.32 Å². The van der Waals surface area contributed by atoms with Crippen LogP contribution in [0.5, 0.6) is 0 Å². The van der Waals surface area contributed by atoms with Crippen LogP contribution in [-0.4, -0.2) is 23.0 Å². The summed E-state index contributed by atoms with van der Waals surface area (Å²) >= 11 is 0. The van der Waals surface area contributed by atoms with E-state index in [0.717, 1.165) is 21.5 Å². The van der Waals surface area contributed by atoms with Crippen molar-refractivity contribution in [3.8, 4) is 0 Å². The number of rotatable bonds is 5. The number of hydrogen-bond acceptors (Lipinski definition) is 2. The molecule has 0 heterocycles. The number of amides is 1. The summed E-state index contributed by atoms with van der Waals surface area (Å²) in [7, 11) is 0. The molecule has 0 saturated heterocycles. The standard InChI is InChI=1S/C24H18FNO3/c25-20-12-6-3-9-17(20)14-21(24(28)29)26-23(27)22-18-10-4-1-7-15(18)13-16-8-2-5-11-19(16)22/h1-13,21H,14H2,(H,26,27)(H,28,29)/t21-/m1/s1. The van der Waals surface area contributed by atoms with E-state index in [9.17, 15) is 19.1 Å². The van der Waals surface area contributed by atoms with Crippen LogP contribution < -0.4 is 5.32 Å². The molecule has 144 valence electrons. The molecule has 5 heteroatoms. The second-order valence-electron chi connectivity index (χ2n) is 6.85. The summed E-state index contributed by atoms with van der Waals surface area (Å²) in [6, 6.07) is 21.6. The first-order valence-corrected chi connectivity index (χ1v) is 9.22. The van der Waals surface area contributed by atoms with E-state index in [4.69, 9.17) is 0 Å². The lowest BCUT2D eigenvalue weighted by Crippen LogP contribution is -2.42. The van der Waals surface area contributed by atoms with Crippen LogP contribution in [0, 0.1) is 5.82 Å². The Balaban J connectivity index is 1.75. The quantitative estimate of drug-likeness (QED) is 0.494. The van der Waals surface area contributed by atoms with Gasteiger partial charge in [-0.1, -0.05) is 66.7 Å². The zero-order valence-electron chi connectivity index (χ0n) is 15.4. The molecule has 4 aromatic carbocycles.